The SMILES string of the molecule is O=C(O)c1ccc(/C=C2/SC(=S)N(c3ccc4ccccc4c3)C2=O)cc1. The van der Waals surface area contributed by atoms with Crippen LogP contribution >= 0.6 is 24.0 Å². The van der Waals surface area contributed by atoms with Crippen molar-refractivity contribution in [2.24, 2.45) is 0 Å². The fraction of sp³-hybridized carbons (Fsp3) is 0. The van der Waals surface area contributed by atoms with Gasteiger partial charge in [0.25, 0.3) is 5.91 Å². The first-order valence-electron chi connectivity index (χ1n) is 8.13. The smallest absolute Gasteiger partial charge is 0.335 e. The number of thioether (sulfide) groups is 1. The third-order valence-corrected chi connectivity index (χ3v) is 5.54. The molecule has 1 fully saturated rings. The average molecular weight is 391 g/mol. The highest BCUT2D eigenvalue weighted by Gasteiger charge is 2.33. The summed E-state index contributed by atoms with van der Waals surface area (Å²) < 4.78 is 0.476. The standard InChI is InChI=1S/C21H13NO3S2/c23-19-18(11-13-5-7-15(8-6-13)20(24)25)27-21(26)22(19)17-10-9-14-3-1-2-4-16(14)12-17/h1-12H,(H,24,25)/b18-11+. The number of nitrogens with zero attached hydrogens (tertiary/aromatic N) is 1. The third-order valence-electron chi connectivity index (χ3n) is 4.24. The van der Waals surface area contributed by atoms with Gasteiger partial charge >= 0.3 is 5.97 Å². The number of rotatable bonds is 3. The van der Waals surface area contributed by atoms with Crippen molar-refractivity contribution >= 4 is 62.7 Å². The third kappa shape index (κ3) is 3.37. The predicted octanol–water partition coefficient (Wildman–Crippen LogP) is 4.94. The van der Waals surface area contributed by atoms with Gasteiger partial charge in [0.1, 0.15) is 0 Å². The fourth-order valence-electron chi connectivity index (χ4n) is 2.88. The number of carbonyl (C=O) groups is 2. The maximum atomic E-state index is 12.9. The molecule has 1 amide bonds. The molecule has 0 radical (unpaired) electrons. The van der Waals surface area contributed by atoms with Crippen LogP contribution < -0.4 is 4.90 Å². The van der Waals surface area contributed by atoms with Gasteiger partial charge in [-0.15, -0.1) is 0 Å². The van der Waals surface area contributed by atoms with Crippen molar-refractivity contribution in [1.82, 2.24) is 0 Å². The van der Waals surface area contributed by atoms with E-state index >= 15 is 0 Å². The summed E-state index contributed by atoms with van der Waals surface area (Å²) in [4.78, 5) is 25.9. The van der Waals surface area contributed by atoms with E-state index in [0.29, 0.717) is 9.23 Å². The molecule has 1 saturated heterocycles. The Balaban J connectivity index is 1.65. The number of hydrogen-bond acceptors (Lipinski definition) is 4. The zero-order valence-electron chi connectivity index (χ0n) is 14.0. The molecule has 0 bridgehead atoms. The molecule has 4 nitrogen and oxygen atoms in total. The first-order valence-corrected chi connectivity index (χ1v) is 9.35. The van der Waals surface area contributed by atoms with Crippen LogP contribution in [0.4, 0.5) is 5.69 Å². The van der Waals surface area contributed by atoms with Crippen LogP contribution in [0.15, 0.2) is 71.6 Å². The van der Waals surface area contributed by atoms with E-state index in [1.807, 2.05) is 42.5 Å². The van der Waals surface area contributed by atoms with Crippen molar-refractivity contribution in [3.05, 3.63) is 82.8 Å². The van der Waals surface area contributed by atoms with Crippen molar-refractivity contribution < 1.29 is 14.7 Å². The summed E-state index contributed by atoms with van der Waals surface area (Å²) >= 11 is 6.66. The van der Waals surface area contributed by atoms with Gasteiger partial charge < -0.3 is 5.11 Å². The quantitative estimate of drug-likeness (QED) is 0.506. The Morgan fingerprint density at radius 2 is 1.70 bits per heavy atom. The summed E-state index contributed by atoms with van der Waals surface area (Å²) in [6, 6.07) is 20.1. The van der Waals surface area contributed by atoms with Crippen molar-refractivity contribution in [2.75, 3.05) is 4.90 Å². The number of aromatic carboxylic acids is 1. The first kappa shape index (κ1) is 17.5. The van der Waals surface area contributed by atoms with E-state index in [-0.39, 0.29) is 11.5 Å². The molecule has 132 valence electrons. The number of fused-ring (bicyclic) bond motifs is 1. The molecule has 0 aromatic heterocycles. The Bertz CT molecular complexity index is 1120. The predicted molar refractivity (Wildman–Crippen MR) is 113 cm³/mol. The Morgan fingerprint density at radius 1 is 1.00 bits per heavy atom. The Labute approximate surface area is 165 Å². The zero-order chi connectivity index (χ0) is 19.0. The monoisotopic (exact) mass is 391 g/mol. The molecule has 3 aromatic rings. The van der Waals surface area contributed by atoms with Crippen molar-refractivity contribution in [3.63, 3.8) is 0 Å². The van der Waals surface area contributed by atoms with Crippen molar-refractivity contribution in [1.29, 1.82) is 0 Å². The van der Waals surface area contributed by atoms with Crippen LogP contribution in [-0.4, -0.2) is 21.3 Å². The second-order valence-corrected chi connectivity index (χ2v) is 7.65. The highest BCUT2D eigenvalue weighted by molar-refractivity contribution is 8.27. The number of carboxylic acids is 1. The lowest BCUT2D eigenvalue weighted by Crippen LogP contribution is -2.27. The summed E-state index contributed by atoms with van der Waals surface area (Å²) in [7, 11) is 0. The van der Waals surface area contributed by atoms with Gasteiger partial charge in [0.15, 0.2) is 4.32 Å². The maximum absolute atomic E-state index is 12.9. The second-order valence-electron chi connectivity index (χ2n) is 5.98. The van der Waals surface area contributed by atoms with E-state index in [9.17, 15) is 9.59 Å². The second kappa shape index (κ2) is 6.98. The molecule has 3 aromatic carbocycles. The van der Waals surface area contributed by atoms with Crippen LogP contribution in [0, 0.1) is 0 Å². The van der Waals surface area contributed by atoms with E-state index in [1.165, 1.54) is 28.8 Å². The summed E-state index contributed by atoms with van der Waals surface area (Å²) in [6.07, 6.45) is 1.73. The average Bonchev–Trinajstić information content (AvgIpc) is 2.95. The lowest BCUT2D eigenvalue weighted by atomic mass is 10.1. The van der Waals surface area contributed by atoms with Crippen LogP contribution in [0.3, 0.4) is 0 Å². The Hall–Kier alpha value is -2.96. The van der Waals surface area contributed by atoms with Gasteiger partial charge in [-0.2, -0.15) is 0 Å². The zero-order valence-corrected chi connectivity index (χ0v) is 15.6. The lowest BCUT2D eigenvalue weighted by molar-refractivity contribution is -0.113. The largest absolute Gasteiger partial charge is 0.478 e. The molecule has 6 heteroatoms. The number of thiocarbonyl (C=S) groups is 1. The van der Waals surface area contributed by atoms with Gasteiger partial charge in [-0.25, -0.2) is 4.79 Å². The highest BCUT2D eigenvalue weighted by Crippen LogP contribution is 2.37. The van der Waals surface area contributed by atoms with Gasteiger partial charge in [0, 0.05) is 0 Å². The molecular weight excluding hydrogens is 378 g/mol. The molecule has 0 unspecified atom stereocenters. The molecule has 1 aliphatic rings. The van der Waals surface area contributed by atoms with E-state index in [0.717, 1.165) is 22.0 Å². The van der Waals surface area contributed by atoms with Crippen LogP contribution in [0.25, 0.3) is 16.8 Å². The Kier molecular flexibility index (Phi) is 4.51. The first-order chi connectivity index (χ1) is 13.0. The molecular formula is C21H13NO3S2. The molecule has 0 saturated carbocycles. The van der Waals surface area contributed by atoms with Gasteiger partial charge in [-0.1, -0.05) is 66.4 Å². The molecule has 1 N–H and O–H groups in total. The minimum absolute atomic E-state index is 0.178. The number of amides is 1. The van der Waals surface area contributed by atoms with E-state index in [1.54, 1.807) is 18.2 Å². The molecule has 0 aliphatic carbocycles. The molecule has 4 rings (SSSR count). The summed E-state index contributed by atoms with van der Waals surface area (Å²) in [6.45, 7) is 0. The number of anilines is 1. The highest BCUT2D eigenvalue weighted by atomic mass is 32.2. The lowest BCUT2D eigenvalue weighted by Gasteiger charge is -2.15. The van der Waals surface area contributed by atoms with Crippen LogP contribution in [0.5, 0.6) is 0 Å². The number of carbonyl (C=O) groups excluding carboxylic acids is 1. The maximum Gasteiger partial charge on any atom is 0.335 e. The minimum atomic E-state index is -0.982. The topological polar surface area (TPSA) is 57.6 Å². The van der Waals surface area contributed by atoms with Crippen LogP contribution in [0.2, 0.25) is 0 Å². The van der Waals surface area contributed by atoms with E-state index in [2.05, 4.69) is 0 Å². The van der Waals surface area contributed by atoms with Crippen molar-refractivity contribution in [2.45, 2.75) is 0 Å². The number of benzene rings is 3. The molecule has 1 heterocycles. The van der Waals surface area contributed by atoms with Gasteiger partial charge in [0.05, 0.1) is 16.2 Å². The van der Waals surface area contributed by atoms with E-state index in [4.69, 9.17) is 17.3 Å². The van der Waals surface area contributed by atoms with Crippen molar-refractivity contribution in [3.8, 4) is 0 Å². The van der Waals surface area contributed by atoms with Crippen LogP contribution in [-0.2, 0) is 4.79 Å². The molecule has 0 atom stereocenters. The van der Waals surface area contributed by atoms with Gasteiger partial charge in [0.2, 0.25) is 0 Å². The molecule has 27 heavy (non-hydrogen) atoms. The van der Waals surface area contributed by atoms with Gasteiger partial charge in [-0.3, -0.25) is 9.69 Å². The van der Waals surface area contributed by atoms with Gasteiger partial charge in [-0.05, 0) is 46.7 Å². The number of hydrogen-bond donors (Lipinski definition) is 1. The number of carboxylic acid groups (broad SMARTS) is 1. The fourth-order valence-corrected chi connectivity index (χ4v) is 4.18. The normalized spacial score (nSPS) is 15.7. The minimum Gasteiger partial charge on any atom is -0.478 e. The summed E-state index contributed by atoms with van der Waals surface area (Å²) in [5.41, 5.74) is 1.69. The van der Waals surface area contributed by atoms with Crippen LogP contribution in [0.1, 0.15) is 15.9 Å². The Morgan fingerprint density at radius 3 is 2.41 bits per heavy atom. The van der Waals surface area contributed by atoms with E-state index < -0.39 is 5.97 Å². The summed E-state index contributed by atoms with van der Waals surface area (Å²) in [5, 5.41) is 11.1. The molecule has 0 spiro atoms. The molecule has 1 aliphatic heterocycles. The summed E-state index contributed by atoms with van der Waals surface area (Å²) in [5.74, 6) is -1.16.